The number of sulfonamides is 1. The minimum absolute atomic E-state index is 0.0810. The van der Waals surface area contributed by atoms with Gasteiger partial charge in [0.15, 0.2) is 0 Å². The van der Waals surface area contributed by atoms with Gasteiger partial charge in [-0.15, -0.1) is 0 Å². The molecule has 25 heavy (non-hydrogen) atoms. The van der Waals surface area contributed by atoms with Gasteiger partial charge in [0.05, 0.1) is 18.1 Å². The topological polar surface area (TPSA) is 79.0 Å². The molecule has 7 nitrogen and oxygen atoms in total. The largest absolute Gasteiger partial charge is 0.378 e. The number of nitrogens with zero attached hydrogens (tertiary/aromatic N) is 2. The molecule has 3 rings (SSSR count). The van der Waals surface area contributed by atoms with Crippen LogP contribution in [0.3, 0.4) is 0 Å². The van der Waals surface area contributed by atoms with E-state index < -0.39 is 10.0 Å². The third-order valence-corrected chi connectivity index (χ3v) is 6.66. The maximum absolute atomic E-state index is 12.8. The summed E-state index contributed by atoms with van der Waals surface area (Å²) < 4.78 is 32.3. The lowest BCUT2D eigenvalue weighted by atomic mass is 10.1. The average Bonchev–Trinajstić information content (AvgIpc) is 3.12. The van der Waals surface area contributed by atoms with Crippen molar-refractivity contribution in [3.8, 4) is 0 Å². The fourth-order valence-corrected chi connectivity index (χ4v) is 4.87. The first-order chi connectivity index (χ1) is 12.0. The molecule has 8 heteroatoms. The van der Waals surface area contributed by atoms with Crippen molar-refractivity contribution in [3.63, 3.8) is 0 Å². The van der Waals surface area contributed by atoms with Gasteiger partial charge in [-0.2, -0.15) is 4.31 Å². The van der Waals surface area contributed by atoms with Crippen LogP contribution in [0.25, 0.3) is 0 Å². The van der Waals surface area contributed by atoms with E-state index in [-0.39, 0.29) is 10.8 Å². The highest BCUT2D eigenvalue weighted by molar-refractivity contribution is 7.89. The quantitative estimate of drug-likeness (QED) is 0.814. The molecule has 1 amide bonds. The van der Waals surface area contributed by atoms with Crippen molar-refractivity contribution in [2.24, 2.45) is 5.92 Å². The zero-order valence-electron chi connectivity index (χ0n) is 14.5. The zero-order chi connectivity index (χ0) is 17.9. The van der Waals surface area contributed by atoms with Crippen LogP contribution in [0.1, 0.15) is 16.8 Å². The van der Waals surface area contributed by atoms with Gasteiger partial charge in [-0.1, -0.05) is 0 Å². The maximum Gasteiger partial charge on any atom is 0.254 e. The molecule has 0 aromatic heterocycles. The van der Waals surface area contributed by atoms with E-state index in [1.54, 1.807) is 17.0 Å². The van der Waals surface area contributed by atoms with E-state index in [4.69, 9.17) is 4.74 Å². The highest BCUT2D eigenvalue weighted by atomic mass is 32.2. The lowest BCUT2D eigenvalue weighted by Crippen LogP contribution is -2.40. The van der Waals surface area contributed by atoms with Crippen LogP contribution >= 0.6 is 0 Å². The summed E-state index contributed by atoms with van der Waals surface area (Å²) in [6, 6.07) is 6.28. The van der Waals surface area contributed by atoms with Crippen molar-refractivity contribution < 1.29 is 17.9 Å². The first-order valence-corrected chi connectivity index (χ1v) is 10.1. The van der Waals surface area contributed by atoms with Gasteiger partial charge >= 0.3 is 0 Å². The molecule has 0 bridgehead atoms. The van der Waals surface area contributed by atoms with E-state index in [1.807, 2.05) is 7.05 Å². The van der Waals surface area contributed by atoms with E-state index in [1.165, 1.54) is 16.4 Å². The highest BCUT2D eigenvalue weighted by Gasteiger charge is 2.32. The Morgan fingerprint density at radius 1 is 1.20 bits per heavy atom. The van der Waals surface area contributed by atoms with E-state index in [9.17, 15) is 13.2 Å². The summed E-state index contributed by atoms with van der Waals surface area (Å²) in [6.45, 7) is 4.13. The fraction of sp³-hybridized carbons (Fsp3) is 0.588. The summed E-state index contributed by atoms with van der Waals surface area (Å²) in [4.78, 5) is 14.4. The summed E-state index contributed by atoms with van der Waals surface area (Å²) in [5.41, 5.74) is 0.510. The second-order valence-corrected chi connectivity index (χ2v) is 8.44. The second kappa shape index (κ2) is 7.82. The molecule has 0 aliphatic carbocycles. The summed E-state index contributed by atoms with van der Waals surface area (Å²) in [5, 5.41) is 3.10. The number of rotatable bonds is 5. The van der Waals surface area contributed by atoms with Gasteiger partial charge in [0.1, 0.15) is 0 Å². The van der Waals surface area contributed by atoms with Crippen molar-refractivity contribution >= 4 is 15.9 Å². The molecule has 0 radical (unpaired) electrons. The van der Waals surface area contributed by atoms with Crippen molar-refractivity contribution in [3.05, 3.63) is 29.8 Å². The summed E-state index contributed by atoms with van der Waals surface area (Å²) >= 11 is 0. The van der Waals surface area contributed by atoms with E-state index in [0.29, 0.717) is 50.9 Å². The number of benzene rings is 1. The molecule has 2 aliphatic heterocycles. The molecule has 1 aromatic rings. The number of morpholine rings is 1. The van der Waals surface area contributed by atoms with Crippen LogP contribution in [0.5, 0.6) is 0 Å². The Labute approximate surface area is 149 Å². The number of carbonyl (C=O) groups excluding carboxylic acids is 1. The minimum Gasteiger partial charge on any atom is -0.378 e. The van der Waals surface area contributed by atoms with Crippen LogP contribution in [0, 0.1) is 5.92 Å². The van der Waals surface area contributed by atoms with E-state index >= 15 is 0 Å². The maximum atomic E-state index is 12.8. The fourth-order valence-electron chi connectivity index (χ4n) is 3.34. The Morgan fingerprint density at radius 2 is 1.88 bits per heavy atom. The number of amides is 1. The molecule has 1 unspecified atom stereocenters. The summed E-state index contributed by atoms with van der Waals surface area (Å²) in [6.07, 6.45) is 0.869. The SMILES string of the molecule is CNCC1CCN(S(=O)(=O)c2ccc(C(=O)N3CCOCC3)cc2)C1. The predicted octanol–water partition coefficient (Wildman–Crippen LogP) is 0.389. The lowest BCUT2D eigenvalue weighted by molar-refractivity contribution is 0.0303. The molecule has 0 saturated carbocycles. The van der Waals surface area contributed by atoms with E-state index in [2.05, 4.69) is 5.32 Å². The Kier molecular flexibility index (Phi) is 5.73. The third-order valence-electron chi connectivity index (χ3n) is 4.78. The Hall–Kier alpha value is -1.48. The van der Waals surface area contributed by atoms with Crippen molar-refractivity contribution in [2.45, 2.75) is 11.3 Å². The van der Waals surface area contributed by atoms with Crippen LogP contribution in [0.2, 0.25) is 0 Å². The van der Waals surface area contributed by atoms with Gasteiger partial charge < -0.3 is 15.0 Å². The normalized spacial score (nSPS) is 22.3. The van der Waals surface area contributed by atoms with Gasteiger partial charge in [-0.3, -0.25) is 4.79 Å². The van der Waals surface area contributed by atoms with Gasteiger partial charge in [0.2, 0.25) is 10.0 Å². The molecular formula is C17H25N3O4S. The van der Waals surface area contributed by atoms with Gasteiger partial charge in [-0.25, -0.2) is 8.42 Å². The smallest absolute Gasteiger partial charge is 0.254 e. The number of ether oxygens (including phenoxy) is 1. The highest BCUT2D eigenvalue weighted by Crippen LogP contribution is 2.24. The van der Waals surface area contributed by atoms with Gasteiger partial charge in [0.25, 0.3) is 5.91 Å². The van der Waals surface area contributed by atoms with Crippen LogP contribution in [0.4, 0.5) is 0 Å². The lowest BCUT2D eigenvalue weighted by Gasteiger charge is -2.27. The molecule has 138 valence electrons. The van der Waals surface area contributed by atoms with Crippen LogP contribution in [-0.4, -0.2) is 76.5 Å². The standard InChI is InChI=1S/C17H25N3O4S/c1-18-12-14-6-7-20(13-14)25(22,23)16-4-2-15(3-5-16)17(21)19-8-10-24-11-9-19/h2-5,14,18H,6-13H2,1H3. The molecule has 2 heterocycles. The Bertz CT molecular complexity index is 699. The Balaban J connectivity index is 1.70. The van der Waals surface area contributed by atoms with Crippen molar-refractivity contribution in [2.75, 3.05) is 53.0 Å². The van der Waals surface area contributed by atoms with Crippen LogP contribution < -0.4 is 5.32 Å². The molecule has 2 fully saturated rings. The zero-order valence-corrected chi connectivity index (χ0v) is 15.3. The average molecular weight is 367 g/mol. The number of hydrogen-bond acceptors (Lipinski definition) is 5. The number of carbonyl (C=O) groups is 1. The molecular weight excluding hydrogens is 342 g/mol. The predicted molar refractivity (Wildman–Crippen MR) is 94.0 cm³/mol. The molecule has 1 atom stereocenters. The Morgan fingerprint density at radius 3 is 2.52 bits per heavy atom. The molecule has 1 aromatic carbocycles. The van der Waals surface area contributed by atoms with E-state index in [0.717, 1.165) is 13.0 Å². The molecule has 2 aliphatic rings. The number of hydrogen-bond donors (Lipinski definition) is 1. The monoisotopic (exact) mass is 367 g/mol. The van der Waals surface area contributed by atoms with Gasteiger partial charge in [-0.05, 0) is 50.2 Å². The minimum atomic E-state index is -3.50. The molecule has 0 spiro atoms. The second-order valence-electron chi connectivity index (χ2n) is 6.50. The third kappa shape index (κ3) is 4.03. The molecule has 2 saturated heterocycles. The van der Waals surface area contributed by atoms with Crippen molar-refractivity contribution in [1.29, 1.82) is 0 Å². The number of nitrogens with one attached hydrogen (secondary N) is 1. The van der Waals surface area contributed by atoms with Crippen LogP contribution in [0.15, 0.2) is 29.2 Å². The van der Waals surface area contributed by atoms with Gasteiger partial charge in [0, 0.05) is 31.7 Å². The van der Waals surface area contributed by atoms with Crippen LogP contribution in [-0.2, 0) is 14.8 Å². The summed E-state index contributed by atoms with van der Waals surface area (Å²) in [7, 11) is -1.62. The molecule has 1 N–H and O–H groups in total. The first kappa shape index (κ1) is 18.3. The summed E-state index contributed by atoms with van der Waals surface area (Å²) in [5.74, 6) is 0.268. The van der Waals surface area contributed by atoms with Crippen molar-refractivity contribution in [1.82, 2.24) is 14.5 Å². The first-order valence-electron chi connectivity index (χ1n) is 8.64.